The Bertz CT molecular complexity index is 408. The summed E-state index contributed by atoms with van der Waals surface area (Å²) in [5.74, 6) is 5.45. The first kappa shape index (κ1) is 15.3. The topological polar surface area (TPSA) is 39.7 Å². The van der Waals surface area contributed by atoms with Crippen molar-refractivity contribution >= 4 is 11.8 Å². The highest BCUT2D eigenvalue weighted by Gasteiger charge is 2.16. The van der Waals surface area contributed by atoms with E-state index in [1.807, 2.05) is 23.9 Å². The van der Waals surface area contributed by atoms with Crippen molar-refractivity contribution in [2.75, 3.05) is 39.4 Å². The Morgan fingerprint density at radius 3 is 2.35 bits per heavy atom. The minimum absolute atomic E-state index is 0.644. The highest BCUT2D eigenvalue weighted by atomic mass is 32.2. The zero-order chi connectivity index (χ0) is 14.4. The Labute approximate surface area is 125 Å². The van der Waals surface area contributed by atoms with Gasteiger partial charge < -0.3 is 19.5 Å². The van der Waals surface area contributed by atoms with Crippen molar-refractivity contribution in [3.05, 3.63) is 17.7 Å². The molecule has 20 heavy (non-hydrogen) atoms. The highest BCUT2D eigenvalue weighted by Crippen LogP contribution is 2.38. The first-order valence-electron chi connectivity index (χ1n) is 6.85. The molecule has 1 fully saturated rings. The first-order chi connectivity index (χ1) is 9.78. The molecule has 1 unspecified atom stereocenters. The lowest BCUT2D eigenvalue weighted by Gasteiger charge is -2.15. The number of methoxy groups -OCH3 is 3. The average molecular weight is 297 g/mol. The summed E-state index contributed by atoms with van der Waals surface area (Å²) < 4.78 is 16.1. The minimum atomic E-state index is 0.644. The maximum Gasteiger partial charge on any atom is 0.203 e. The summed E-state index contributed by atoms with van der Waals surface area (Å²) in [4.78, 5) is 0. The number of nitrogens with one attached hydrogen (secondary N) is 1. The Morgan fingerprint density at radius 1 is 1.15 bits per heavy atom. The second-order valence-electron chi connectivity index (χ2n) is 4.89. The second kappa shape index (κ2) is 7.64. The van der Waals surface area contributed by atoms with Crippen LogP contribution < -0.4 is 19.5 Å². The maximum absolute atomic E-state index is 5.36. The van der Waals surface area contributed by atoms with Crippen LogP contribution in [0.4, 0.5) is 0 Å². The molecule has 0 aliphatic carbocycles. The van der Waals surface area contributed by atoms with E-state index in [0.29, 0.717) is 17.2 Å². The van der Waals surface area contributed by atoms with E-state index in [0.717, 1.165) is 24.6 Å². The van der Waals surface area contributed by atoms with Crippen molar-refractivity contribution in [3.8, 4) is 17.2 Å². The zero-order valence-corrected chi connectivity index (χ0v) is 13.2. The van der Waals surface area contributed by atoms with E-state index in [2.05, 4.69) is 5.32 Å². The van der Waals surface area contributed by atoms with Crippen molar-refractivity contribution in [2.45, 2.75) is 13.0 Å². The predicted octanol–water partition coefficient (Wildman–Crippen LogP) is 2.56. The molecule has 1 aliphatic heterocycles. The smallest absolute Gasteiger partial charge is 0.203 e. The van der Waals surface area contributed by atoms with Gasteiger partial charge in [0.1, 0.15) is 0 Å². The van der Waals surface area contributed by atoms with E-state index in [1.54, 1.807) is 21.3 Å². The van der Waals surface area contributed by atoms with Gasteiger partial charge in [-0.05, 0) is 48.1 Å². The number of rotatable bonds is 7. The summed E-state index contributed by atoms with van der Waals surface area (Å²) in [5.41, 5.74) is 1.14. The van der Waals surface area contributed by atoms with Crippen LogP contribution in [0.15, 0.2) is 12.1 Å². The molecule has 1 atom stereocenters. The Kier molecular flexibility index (Phi) is 5.86. The fourth-order valence-corrected chi connectivity index (χ4v) is 3.69. The molecule has 0 bridgehead atoms. The minimum Gasteiger partial charge on any atom is -0.493 e. The average Bonchev–Trinajstić information content (AvgIpc) is 2.99. The van der Waals surface area contributed by atoms with Crippen LogP contribution in [-0.4, -0.2) is 39.4 Å². The van der Waals surface area contributed by atoms with E-state index in [9.17, 15) is 0 Å². The summed E-state index contributed by atoms with van der Waals surface area (Å²) in [5, 5.41) is 3.52. The van der Waals surface area contributed by atoms with Gasteiger partial charge in [0.15, 0.2) is 11.5 Å². The standard InChI is InChI=1S/C15H23NO3S/c1-17-13-6-12(7-14(18-2)15(13)19-3)9-16-8-11-4-5-20-10-11/h6-7,11,16H,4-5,8-10H2,1-3H3. The molecular weight excluding hydrogens is 274 g/mol. The summed E-state index contributed by atoms with van der Waals surface area (Å²) >= 11 is 2.05. The molecule has 4 nitrogen and oxygen atoms in total. The summed E-state index contributed by atoms with van der Waals surface area (Å²) in [7, 11) is 4.91. The van der Waals surface area contributed by atoms with E-state index in [4.69, 9.17) is 14.2 Å². The van der Waals surface area contributed by atoms with Gasteiger partial charge in [-0.2, -0.15) is 11.8 Å². The van der Waals surface area contributed by atoms with Crippen LogP contribution in [-0.2, 0) is 6.54 Å². The molecule has 1 heterocycles. The van der Waals surface area contributed by atoms with E-state index < -0.39 is 0 Å². The molecule has 2 rings (SSSR count). The van der Waals surface area contributed by atoms with Gasteiger partial charge in [0.05, 0.1) is 21.3 Å². The molecule has 0 aromatic heterocycles. The lowest BCUT2D eigenvalue weighted by Crippen LogP contribution is -2.22. The molecule has 0 amide bonds. The van der Waals surface area contributed by atoms with Crippen LogP contribution in [0.3, 0.4) is 0 Å². The van der Waals surface area contributed by atoms with Gasteiger partial charge in [-0.1, -0.05) is 0 Å². The van der Waals surface area contributed by atoms with Gasteiger partial charge in [0.25, 0.3) is 0 Å². The highest BCUT2D eigenvalue weighted by molar-refractivity contribution is 7.99. The van der Waals surface area contributed by atoms with Crippen LogP contribution in [0.2, 0.25) is 0 Å². The van der Waals surface area contributed by atoms with Crippen molar-refractivity contribution in [2.24, 2.45) is 5.92 Å². The molecule has 0 radical (unpaired) electrons. The summed E-state index contributed by atoms with van der Waals surface area (Å²) in [6.45, 7) is 1.89. The quantitative estimate of drug-likeness (QED) is 0.837. The molecule has 0 spiro atoms. The van der Waals surface area contributed by atoms with Crippen LogP contribution in [0, 0.1) is 5.92 Å². The Hall–Kier alpha value is -1.07. The van der Waals surface area contributed by atoms with Crippen molar-refractivity contribution in [3.63, 3.8) is 0 Å². The maximum atomic E-state index is 5.36. The number of thioether (sulfide) groups is 1. The Balaban J connectivity index is 1.99. The van der Waals surface area contributed by atoms with Gasteiger partial charge in [-0.3, -0.25) is 0 Å². The molecule has 112 valence electrons. The second-order valence-corrected chi connectivity index (χ2v) is 6.04. The molecular formula is C15H23NO3S. The van der Waals surface area contributed by atoms with E-state index in [1.165, 1.54) is 17.9 Å². The summed E-state index contributed by atoms with van der Waals surface area (Å²) in [6.07, 6.45) is 1.33. The molecule has 1 N–H and O–H groups in total. The number of benzene rings is 1. The number of ether oxygens (including phenoxy) is 3. The van der Waals surface area contributed by atoms with E-state index in [-0.39, 0.29) is 0 Å². The van der Waals surface area contributed by atoms with Gasteiger partial charge in [0.2, 0.25) is 5.75 Å². The molecule has 1 aromatic carbocycles. The fraction of sp³-hybridized carbons (Fsp3) is 0.600. The van der Waals surface area contributed by atoms with Gasteiger partial charge in [-0.15, -0.1) is 0 Å². The summed E-state index contributed by atoms with van der Waals surface area (Å²) in [6, 6.07) is 4.00. The van der Waals surface area contributed by atoms with Crippen LogP contribution in [0.1, 0.15) is 12.0 Å². The van der Waals surface area contributed by atoms with E-state index >= 15 is 0 Å². The van der Waals surface area contributed by atoms with Crippen molar-refractivity contribution in [1.82, 2.24) is 5.32 Å². The monoisotopic (exact) mass is 297 g/mol. The molecule has 1 aromatic rings. The van der Waals surface area contributed by atoms with Gasteiger partial charge >= 0.3 is 0 Å². The lowest BCUT2D eigenvalue weighted by molar-refractivity contribution is 0.323. The van der Waals surface area contributed by atoms with Crippen molar-refractivity contribution in [1.29, 1.82) is 0 Å². The normalized spacial score (nSPS) is 18.1. The molecule has 0 saturated carbocycles. The fourth-order valence-electron chi connectivity index (χ4n) is 2.40. The Morgan fingerprint density at radius 2 is 1.85 bits per heavy atom. The zero-order valence-electron chi connectivity index (χ0n) is 12.4. The third kappa shape index (κ3) is 3.73. The van der Waals surface area contributed by atoms with Crippen LogP contribution >= 0.6 is 11.8 Å². The largest absolute Gasteiger partial charge is 0.493 e. The van der Waals surface area contributed by atoms with Crippen LogP contribution in [0.5, 0.6) is 17.2 Å². The molecule has 5 heteroatoms. The van der Waals surface area contributed by atoms with Gasteiger partial charge in [0, 0.05) is 6.54 Å². The number of hydrogen-bond acceptors (Lipinski definition) is 5. The van der Waals surface area contributed by atoms with Crippen LogP contribution in [0.25, 0.3) is 0 Å². The third-order valence-electron chi connectivity index (χ3n) is 3.51. The molecule has 1 saturated heterocycles. The van der Waals surface area contributed by atoms with Gasteiger partial charge in [-0.25, -0.2) is 0 Å². The SMILES string of the molecule is COc1cc(CNCC2CCSC2)cc(OC)c1OC. The third-order valence-corrected chi connectivity index (χ3v) is 4.74. The number of hydrogen-bond donors (Lipinski definition) is 1. The van der Waals surface area contributed by atoms with Crippen molar-refractivity contribution < 1.29 is 14.2 Å². The lowest BCUT2D eigenvalue weighted by atomic mass is 10.1. The predicted molar refractivity (Wildman–Crippen MR) is 83.2 cm³/mol. The molecule has 1 aliphatic rings. The first-order valence-corrected chi connectivity index (χ1v) is 8.01.